The summed E-state index contributed by atoms with van der Waals surface area (Å²) < 4.78 is 0. The molecule has 0 aromatic heterocycles. The van der Waals surface area contributed by atoms with E-state index in [1.54, 1.807) is 0 Å². The summed E-state index contributed by atoms with van der Waals surface area (Å²) in [7, 11) is 0. The van der Waals surface area contributed by atoms with Crippen molar-refractivity contribution in [2.24, 2.45) is 0 Å². The largest absolute Gasteiger partial charge is 0.393 e. The van der Waals surface area contributed by atoms with Gasteiger partial charge in [0, 0.05) is 0 Å². The average molecular weight is 162 g/mol. The van der Waals surface area contributed by atoms with Crippen molar-refractivity contribution in [2.45, 2.75) is 6.10 Å². The van der Waals surface area contributed by atoms with Gasteiger partial charge in [0.25, 0.3) is 0 Å². The first-order valence-electron chi connectivity index (χ1n) is 4.27. The molecular weight excluding hydrogens is 144 g/mol. The minimum atomic E-state index is -0.525. The van der Waals surface area contributed by atoms with Gasteiger partial charge < -0.3 is 20.4 Å². The van der Waals surface area contributed by atoms with Crippen LogP contribution < -0.4 is 10.2 Å². The Labute approximate surface area is 66.8 Å². The lowest BCUT2D eigenvalue weighted by Crippen LogP contribution is -3.21. The fourth-order valence-corrected chi connectivity index (χ4v) is 1.48. The first-order chi connectivity index (χ1) is 5.33. The fourth-order valence-electron chi connectivity index (χ4n) is 1.48. The van der Waals surface area contributed by atoms with Crippen molar-refractivity contribution in [3.63, 3.8) is 0 Å². The molecule has 11 heavy (non-hydrogen) atoms. The van der Waals surface area contributed by atoms with Crippen LogP contribution >= 0.6 is 0 Å². The molecule has 1 atom stereocenters. The van der Waals surface area contributed by atoms with Crippen LogP contribution in [0.1, 0.15) is 0 Å². The van der Waals surface area contributed by atoms with E-state index in [9.17, 15) is 0 Å². The molecule has 1 aliphatic rings. The summed E-state index contributed by atoms with van der Waals surface area (Å²) in [6.45, 7) is 5.10. The molecule has 66 valence electrons. The van der Waals surface area contributed by atoms with Crippen molar-refractivity contribution < 1.29 is 20.4 Å². The molecule has 0 aliphatic carbocycles. The minimum absolute atomic E-state index is 0.104. The third-order valence-corrected chi connectivity index (χ3v) is 2.14. The third kappa shape index (κ3) is 3.16. The van der Waals surface area contributed by atoms with Crippen molar-refractivity contribution in [3.8, 4) is 0 Å². The third-order valence-electron chi connectivity index (χ3n) is 2.14. The second-order valence-electron chi connectivity index (χ2n) is 3.16. The number of piperazine rings is 1. The van der Waals surface area contributed by atoms with Crippen LogP contribution in [0, 0.1) is 0 Å². The Balaban J connectivity index is 2.13. The van der Waals surface area contributed by atoms with E-state index in [-0.39, 0.29) is 6.61 Å². The van der Waals surface area contributed by atoms with Crippen LogP contribution in [0.2, 0.25) is 0 Å². The topological polar surface area (TPSA) is 61.5 Å². The lowest BCUT2D eigenvalue weighted by Gasteiger charge is -2.23. The Kier molecular flexibility index (Phi) is 3.79. The van der Waals surface area contributed by atoms with Gasteiger partial charge in [0.05, 0.1) is 6.61 Å². The van der Waals surface area contributed by atoms with Gasteiger partial charge in [-0.2, -0.15) is 0 Å². The molecule has 1 rings (SSSR count). The molecule has 1 fully saturated rings. The normalized spacial score (nSPS) is 23.5. The van der Waals surface area contributed by atoms with E-state index in [0.717, 1.165) is 26.2 Å². The molecule has 4 nitrogen and oxygen atoms in total. The van der Waals surface area contributed by atoms with Gasteiger partial charge >= 0.3 is 0 Å². The minimum Gasteiger partial charge on any atom is -0.393 e. The number of hydrogen-bond donors (Lipinski definition) is 4. The second-order valence-corrected chi connectivity index (χ2v) is 3.16. The molecule has 0 bridgehead atoms. The highest BCUT2D eigenvalue weighted by Gasteiger charge is 2.18. The zero-order valence-electron chi connectivity index (χ0n) is 6.79. The lowest BCUT2D eigenvalue weighted by molar-refractivity contribution is -0.949. The molecule has 1 heterocycles. The Morgan fingerprint density at radius 1 is 1.36 bits per heavy atom. The number of nitrogens with one attached hydrogen (secondary N) is 1. The zero-order valence-corrected chi connectivity index (χ0v) is 6.79. The first kappa shape index (κ1) is 8.93. The van der Waals surface area contributed by atoms with E-state index in [0.29, 0.717) is 6.54 Å². The first-order valence-corrected chi connectivity index (χ1v) is 4.27. The van der Waals surface area contributed by atoms with Gasteiger partial charge in [-0.1, -0.05) is 0 Å². The van der Waals surface area contributed by atoms with Crippen LogP contribution in [0.3, 0.4) is 0 Å². The molecular formula is C7H18N2O2+2. The number of nitrogens with two attached hydrogens (primary N) is 1. The number of aliphatic hydroxyl groups is 2. The SMILES string of the molecule is OC[C@H](O)C[NH+]1CC[NH2+]CC1. The van der Waals surface area contributed by atoms with Crippen LogP contribution in [-0.2, 0) is 0 Å². The van der Waals surface area contributed by atoms with Crippen LogP contribution in [-0.4, -0.2) is 55.6 Å². The van der Waals surface area contributed by atoms with Crippen LogP contribution in [0.4, 0.5) is 0 Å². The monoisotopic (exact) mass is 162 g/mol. The van der Waals surface area contributed by atoms with E-state index >= 15 is 0 Å². The van der Waals surface area contributed by atoms with Crippen molar-refractivity contribution in [1.82, 2.24) is 0 Å². The smallest absolute Gasteiger partial charge is 0.127 e. The van der Waals surface area contributed by atoms with Gasteiger partial charge in [0.15, 0.2) is 0 Å². The predicted molar refractivity (Wildman–Crippen MR) is 40.3 cm³/mol. The Hall–Kier alpha value is -0.160. The summed E-state index contributed by atoms with van der Waals surface area (Å²) in [5.74, 6) is 0. The van der Waals surface area contributed by atoms with Gasteiger partial charge in [0.2, 0.25) is 0 Å². The van der Waals surface area contributed by atoms with Gasteiger partial charge in [-0.3, -0.25) is 0 Å². The van der Waals surface area contributed by atoms with Crippen molar-refractivity contribution >= 4 is 0 Å². The summed E-state index contributed by atoms with van der Waals surface area (Å²) in [6, 6.07) is 0. The van der Waals surface area contributed by atoms with Crippen LogP contribution in [0.5, 0.6) is 0 Å². The van der Waals surface area contributed by atoms with Gasteiger partial charge in [0.1, 0.15) is 38.8 Å². The highest BCUT2D eigenvalue weighted by Crippen LogP contribution is 1.72. The second kappa shape index (κ2) is 4.66. The lowest BCUT2D eigenvalue weighted by atomic mass is 10.3. The van der Waals surface area contributed by atoms with E-state index in [2.05, 4.69) is 5.32 Å². The van der Waals surface area contributed by atoms with Gasteiger partial charge in [-0.05, 0) is 0 Å². The highest BCUT2D eigenvalue weighted by atomic mass is 16.3. The number of hydrogen-bond acceptors (Lipinski definition) is 2. The van der Waals surface area contributed by atoms with E-state index in [1.165, 1.54) is 4.90 Å². The Morgan fingerprint density at radius 3 is 2.55 bits per heavy atom. The molecule has 0 amide bonds. The highest BCUT2D eigenvalue weighted by molar-refractivity contribution is 4.48. The van der Waals surface area contributed by atoms with Crippen LogP contribution in [0.25, 0.3) is 0 Å². The summed E-state index contributed by atoms with van der Waals surface area (Å²) in [4.78, 5) is 1.41. The molecule has 0 spiro atoms. The molecule has 0 aromatic rings. The van der Waals surface area contributed by atoms with Gasteiger partial charge in [-0.15, -0.1) is 0 Å². The van der Waals surface area contributed by atoms with Gasteiger partial charge in [-0.25, -0.2) is 0 Å². The number of aliphatic hydroxyl groups excluding tert-OH is 2. The molecule has 0 unspecified atom stereocenters. The summed E-state index contributed by atoms with van der Waals surface area (Å²) in [6.07, 6.45) is -0.525. The standard InChI is InChI=1S/C7H16N2O2/c10-6-7(11)5-9-3-1-8-2-4-9/h7-8,10-11H,1-6H2/p+2/t7-/m1/s1. The zero-order chi connectivity index (χ0) is 8.10. The molecule has 1 saturated heterocycles. The molecule has 0 saturated carbocycles. The Morgan fingerprint density at radius 2 is 2.00 bits per heavy atom. The van der Waals surface area contributed by atoms with Crippen molar-refractivity contribution in [2.75, 3.05) is 39.3 Å². The van der Waals surface area contributed by atoms with E-state index < -0.39 is 6.10 Å². The quantitative estimate of drug-likeness (QED) is 0.340. The maximum absolute atomic E-state index is 9.13. The number of rotatable bonds is 3. The number of quaternary nitrogens is 2. The fraction of sp³-hybridized carbons (Fsp3) is 1.00. The van der Waals surface area contributed by atoms with E-state index in [1.807, 2.05) is 0 Å². The molecule has 0 radical (unpaired) electrons. The molecule has 0 aromatic carbocycles. The predicted octanol–water partition coefficient (Wildman–Crippen LogP) is -4.20. The molecule has 4 heteroatoms. The summed E-state index contributed by atoms with van der Waals surface area (Å²) in [5, 5.41) is 20.0. The van der Waals surface area contributed by atoms with Crippen LogP contribution in [0.15, 0.2) is 0 Å². The molecule has 1 aliphatic heterocycles. The summed E-state index contributed by atoms with van der Waals surface area (Å²) in [5.41, 5.74) is 0. The maximum atomic E-state index is 9.13. The maximum Gasteiger partial charge on any atom is 0.127 e. The molecule has 5 N–H and O–H groups in total. The van der Waals surface area contributed by atoms with E-state index in [4.69, 9.17) is 10.2 Å². The van der Waals surface area contributed by atoms with Crippen molar-refractivity contribution in [3.05, 3.63) is 0 Å². The Bertz CT molecular complexity index is 105. The summed E-state index contributed by atoms with van der Waals surface area (Å²) >= 11 is 0. The van der Waals surface area contributed by atoms with Crippen molar-refractivity contribution in [1.29, 1.82) is 0 Å². The average Bonchev–Trinajstić information content (AvgIpc) is 2.06.